The van der Waals surface area contributed by atoms with Gasteiger partial charge in [0, 0.05) is 25.6 Å². The topological polar surface area (TPSA) is 65.1 Å². The van der Waals surface area contributed by atoms with Crippen LogP contribution in [-0.4, -0.2) is 60.1 Å². The van der Waals surface area contributed by atoms with Gasteiger partial charge in [-0.3, -0.25) is 4.90 Å². The van der Waals surface area contributed by atoms with Gasteiger partial charge in [-0.05, 0) is 33.5 Å². The molecule has 0 aromatic carbocycles. The Bertz CT molecular complexity index is 219. The van der Waals surface area contributed by atoms with E-state index in [1.54, 1.807) is 0 Å². The molecule has 1 atom stereocenters. The third-order valence-corrected chi connectivity index (χ3v) is 2.97. The second kappa shape index (κ2) is 5.92. The lowest BCUT2D eigenvalue weighted by molar-refractivity contribution is 0.206. The van der Waals surface area contributed by atoms with Crippen LogP contribution in [0.5, 0.6) is 0 Å². The van der Waals surface area contributed by atoms with E-state index in [2.05, 4.69) is 28.9 Å². The minimum Gasteiger partial charge on any atom is -0.409 e. The Balaban J connectivity index is 2.39. The van der Waals surface area contributed by atoms with Crippen LogP contribution in [0.25, 0.3) is 0 Å². The maximum atomic E-state index is 8.46. The Kier molecular flexibility index (Phi) is 4.84. The summed E-state index contributed by atoms with van der Waals surface area (Å²) in [5.74, 6) is 0.319. The maximum Gasteiger partial charge on any atom is 0.140 e. The quantitative estimate of drug-likeness (QED) is 0.304. The molecule has 0 saturated carbocycles. The number of hydrogen-bond acceptors (Lipinski definition) is 4. The van der Waals surface area contributed by atoms with Crippen LogP contribution >= 0.6 is 0 Å². The summed E-state index contributed by atoms with van der Waals surface area (Å²) in [6, 6.07) is 0.545. The van der Waals surface area contributed by atoms with E-state index in [1.807, 2.05) is 0 Å². The molecule has 1 rings (SSSR count). The van der Waals surface area contributed by atoms with Gasteiger partial charge in [-0.1, -0.05) is 5.16 Å². The summed E-state index contributed by atoms with van der Waals surface area (Å²) in [6.45, 7) is 6.46. The number of rotatable bonds is 3. The van der Waals surface area contributed by atoms with Crippen LogP contribution in [-0.2, 0) is 0 Å². The smallest absolute Gasteiger partial charge is 0.140 e. The van der Waals surface area contributed by atoms with Crippen LogP contribution in [0.4, 0.5) is 0 Å². The molecule has 1 aliphatic rings. The summed E-state index contributed by atoms with van der Waals surface area (Å²) < 4.78 is 0. The van der Waals surface area contributed by atoms with Gasteiger partial charge in [0.25, 0.3) is 0 Å². The Labute approximate surface area is 91.5 Å². The lowest BCUT2D eigenvalue weighted by Crippen LogP contribution is -2.39. The fraction of sp³-hybridized carbons (Fsp3) is 0.900. The molecule has 0 aliphatic carbocycles. The van der Waals surface area contributed by atoms with Crippen LogP contribution in [0, 0.1) is 0 Å². The number of likely N-dealkylation sites (N-methyl/N-ethyl adjacent to an activating group) is 1. The number of nitrogens with zero attached hydrogens (tertiary/aromatic N) is 3. The number of hydrogen-bond donors (Lipinski definition) is 2. The molecule has 1 heterocycles. The van der Waals surface area contributed by atoms with Gasteiger partial charge in [0.1, 0.15) is 5.84 Å². The Hall–Kier alpha value is -0.810. The summed E-state index contributed by atoms with van der Waals surface area (Å²) in [5, 5.41) is 11.5. The predicted molar refractivity (Wildman–Crippen MR) is 61.2 cm³/mol. The van der Waals surface area contributed by atoms with Gasteiger partial charge in [-0.25, -0.2) is 0 Å². The highest BCUT2D eigenvalue weighted by molar-refractivity contribution is 5.79. The van der Waals surface area contributed by atoms with Crippen LogP contribution < -0.4 is 5.73 Å². The van der Waals surface area contributed by atoms with Gasteiger partial charge in [0.15, 0.2) is 0 Å². The van der Waals surface area contributed by atoms with Crippen LogP contribution in [0.1, 0.15) is 19.8 Å². The second-order valence-electron chi connectivity index (χ2n) is 4.34. The molecule has 1 unspecified atom stereocenters. The molecule has 88 valence electrons. The van der Waals surface area contributed by atoms with E-state index in [1.165, 1.54) is 6.42 Å². The lowest BCUT2D eigenvalue weighted by Gasteiger charge is -2.27. The first-order valence-electron chi connectivity index (χ1n) is 5.52. The highest BCUT2D eigenvalue weighted by Crippen LogP contribution is 2.08. The molecule has 0 spiro atoms. The van der Waals surface area contributed by atoms with E-state index in [0.29, 0.717) is 18.3 Å². The molecule has 1 saturated heterocycles. The first kappa shape index (κ1) is 12.3. The van der Waals surface area contributed by atoms with Crippen molar-refractivity contribution in [3.05, 3.63) is 0 Å². The van der Waals surface area contributed by atoms with Crippen LogP contribution in [0.2, 0.25) is 0 Å². The highest BCUT2D eigenvalue weighted by atomic mass is 16.4. The van der Waals surface area contributed by atoms with E-state index in [4.69, 9.17) is 10.9 Å². The van der Waals surface area contributed by atoms with E-state index in [-0.39, 0.29) is 0 Å². The molecule has 5 heteroatoms. The largest absolute Gasteiger partial charge is 0.409 e. The molecular weight excluding hydrogens is 192 g/mol. The predicted octanol–water partition coefficient (Wildman–Crippen LogP) is 0.149. The summed E-state index contributed by atoms with van der Waals surface area (Å²) in [6.07, 6.45) is 1.83. The van der Waals surface area contributed by atoms with Gasteiger partial charge in [0.2, 0.25) is 0 Å². The van der Waals surface area contributed by atoms with Crippen molar-refractivity contribution in [2.24, 2.45) is 10.9 Å². The van der Waals surface area contributed by atoms with Crippen molar-refractivity contribution in [1.29, 1.82) is 0 Å². The van der Waals surface area contributed by atoms with Crippen molar-refractivity contribution >= 4 is 5.84 Å². The Morgan fingerprint density at radius 3 is 2.93 bits per heavy atom. The van der Waals surface area contributed by atoms with Crippen molar-refractivity contribution in [3.8, 4) is 0 Å². The average molecular weight is 214 g/mol. The zero-order chi connectivity index (χ0) is 11.3. The monoisotopic (exact) mass is 214 g/mol. The maximum absolute atomic E-state index is 8.46. The number of oxime groups is 1. The molecule has 15 heavy (non-hydrogen) atoms. The van der Waals surface area contributed by atoms with Crippen LogP contribution in [0.15, 0.2) is 5.16 Å². The lowest BCUT2D eigenvalue weighted by atomic mass is 10.2. The van der Waals surface area contributed by atoms with Gasteiger partial charge in [-0.15, -0.1) is 0 Å². The number of amidine groups is 1. The van der Waals surface area contributed by atoms with Gasteiger partial charge < -0.3 is 15.8 Å². The van der Waals surface area contributed by atoms with E-state index in [9.17, 15) is 0 Å². The molecule has 1 fully saturated rings. The van der Waals surface area contributed by atoms with Crippen molar-refractivity contribution in [2.45, 2.75) is 25.8 Å². The second-order valence-corrected chi connectivity index (χ2v) is 4.34. The molecule has 0 aromatic rings. The third kappa shape index (κ3) is 4.05. The summed E-state index contributed by atoms with van der Waals surface area (Å²) >= 11 is 0. The fourth-order valence-electron chi connectivity index (χ4n) is 2.06. The van der Waals surface area contributed by atoms with Gasteiger partial charge in [0.05, 0.1) is 0 Å². The van der Waals surface area contributed by atoms with Crippen molar-refractivity contribution in [2.75, 3.05) is 33.2 Å². The number of nitrogens with two attached hydrogens (primary N) is 1. The standard InChI is InChI=1S/C10H22N4O/c1-9-8-13(2)5-3-6-14(9)7-4-10(11)12-15/h9,15H,3-8H2,1-2H3,(H2,11,12). The van der Waals surface area contributed by atoms with Crippen molar-refractivity contribution in [1.82, 2.24) is 9.80 Å². The first-order chi connectivity index (χ1) is 7.13. The van der Waals surface area contributed by atoms with Gasteiger partial charge in [-0.2, -0.15) is 0 Å². The molecule has 0 bridgehead atoms. The van der Waals surface area contributed by atoms with E-state index in [0.717, 1.165) is 26.2 Å². The minimum absolute atomic E-state index is 0.319. The molecule has 5 nitrogen and oxygen atoms in total. The first-order valence-corrected chi connectivity index (χ1v) is 5.52. The Morgan fingerprint density at radius 1 is 1.53 bits per heavy atom. The molecule has 0 amide bonds. The third-order valence-electron chi connectivity index (χ3n) is 2.97. The Morgan fingerprint density at radius 2 is 2.27 bits per heavy atom. The SMILES string of the molecule is CC1CN(C)CCCN1CCC(N)=NO. The summed E-state index contributed by atoms with van der Waals surface area (Å²) in [5.41, 5.74) is 5.46. The van der Waals surface area contributed by atoms with Crippen molar-refractivity contribution in [3.63, 3.8) is 0 Å². The molecule has 0 radical (unpaired) electrons. The molecule has 1 aliphatic heterocycles. The summed E-state index contributed by atoms with van der Waals surface area (Å²) in [7, 11) is 2.16. The average Bonchev–Trinajstić information content (AvgIpc) is 2.36. The zero-order valence-electron chi connectivity index (χ0n) is 9.69. The van der Waals surface area contributed by atoms with E-state index < -0.39 is 0 Å². The van der Waals surface area contributed by atoms with Gasteiger partial charge >= 0.3 is 0 Å². The van der Waals surface area contributed by atoms with Crippen LogP contribution in [0.3, 0.4) is 0 Å². The minimum atomic E-state index is 0.319. The normalized spacial score (nSPS) is 26.5. The molecule has 3 N–H and O–H groups in total. The summed E-state index contributed by atoms with van der Waals surface area (Å²) in [4.78, 5) is 4.76. The molecule has 0 aromatic heterocycles. The highest BCUT2D eigenvalue weighted by Gasteiger charge is 2.19. The fourth-order valence-corrected chi connectivity index (χ4v) is 2.06. The zero-order valence-corrected chi connectivity index (χ0v) is 9.69. The van der Waals surface area contributed by atoms with Crippen molar-refractivity contribution < 1.29 is 5.21 Å². The van der Waals surface area contributed by atoms with E-state index >= 15 is 0 Å². The molecular formula is C10H22N4O.